The molecule has 5 nitrogen and oxygen atoms in total. The van der Waals surface area contributed by atoms with Crippen LogP contribution in [0, 0.1) is 17.0 Å². The van der Waals surface area contributed by atoms with E-state index in [-0.39, 0.29) is 22.7 Å². The quantitative estimate of drug-likeness (QED) is 0.672. The summed E-state index contributed by atoms with van der Waals surface area (Å²) in [6.45, 7) is 4.75. The molecule has 0 aromatic heterocycles. The Kier molecular flexibility index (Phi) is 4.04. The van der Waals surface area contributed by atoms with Crippen LogP contribution in [0.2, 0.25) is 0 Å². The highest BCUT2D eigenvalue weighted by atomic mass is 16.6. The van der Waals surface area contributed by atoms with E-state index in [0.717, 1.165) is 37.1 Å². The highest BCUT2D eigenvalue weighted by Crippen LogP contribution is 2.36. The average Bonchev–Trinajstić information content (AvgIpc) is 2.38. The third-order valence-electron chi connectivity index (χ3n) is 3.86. The number of benzene rings is 1. The zero-order valence-corrected chi connectivity index (χ0v) is 11.5. The number of nitro groups is 1. The van der Waals surface area contributed by atoms with Gasteiger partial charge in [-0.1, -0.05) is 12.1 Å². The van der Waals surface area contributed by atoms with Crippen LogP contribution in [0.15, 0.2) is 18.2 Å². The maximum absolute atomic E-state index is 11.2. The Morgan fingerprint density at radius 3 is 2.84 bits per heavy atom. The van der Waals surface area contributed by atoms with Crippen molar-refractivity contribution in [2.24, 2.45) is 5.73 Å². The van der Waals surface area contributed by atoms with Gasteiger partial charge in [-0.2, -0.15) is 0 Å². The Balaban J connectivity index is 2.46. The summed E-state index contributed by atoms with van der Waals surface area (Å²) in [7, 11) is 0. The van der Waals surface area contributed by atoms with Crippen LogP contribution >= 0.6 is 0 Å². The zero-order chi connectivity index (χ0) is 14.0. The molecule has 1 aliphatic rings. The summed E-state index contributed by atoms with van der Waals surface area (Å²) in [5.41, 5.74) is 7.94. The molecule has 19 heavy (non-hydrogen) atoms. The maximum atomic E-state index is 11.2. The van der Waals surface area contributed by atoms with Crippen molar-refractivity contribution in [1.82, 2.24) is 0 Å². The van der Waals surface area contributed by atoms with Crippen molar-refractivity contribution < 1.29 is 4.92 Å². The minimum absolute atomic E-state index is 0.0134. The van der Waals surface area contributed by atoms with Crippen molar-refractivity contribution in [1.29, 1.82) is 0 Å². The number of nitrogens with zero attached hydrogens (tertiary/aromatic N) is 2. The van der Waals surface area contributed by atoms with Crippen LogP contribution in [0.5, 0.6) is 0 Å². The van der Waals surface area contributed by atoms with Gasteiger partial charge in [-0.3, -0.25) is 10.1 Å². The molecular formula is C14H21N3O2. The van der Waals surface area contributed by atoms with Crippen molar-refractivity contribution in [2.75, 3.05) is 11.4 Å². The second kappa shape index (κ2) is 5.57. The molecule has 2 atom stereocenters. The molecule has 0 amide bonds. The summed E-state index contributed by atoms with van der Waals surface area (Å²) in [6.07, 6.45) is 3.21. The lowest BCUT2D eigenvalue weighted by Crippen LogP contribution is -2.49. The third-order valence-corrected chi connectivity index (χ3v) is 3.86. The van der Waals surface area contributed by atoms with Crippen LogP contribution < -0.4 is 10.6 Å². The van der Waals surface area contributed by atoms with Crippen LogP contribution in [-0.4, -0.2) is 23.6 Å². The van der Waals surface area contributed by atoms with Crippen molar-refractivity contribution in [2.45, 2.75) is 45.2 Å². The number of para-hydroxylation sites is 1. The largest absolute Gasteiger partial charge is 0.361 e. The minimum Gasteiger partial charge on any atom is -0.361 e. The molecule has 1 fully saturated rings. The molecular weight excluding hydrogens is 242 g/mol. The Hall–Kier alpha value is -1.62. The van der Waals surface area contributed by atoms with Crippen LogP contribution in [0.3, 0.4) is 0 Å². The van der Waals surface area contributed by atoms with Gasteiger partial charge in [0.2, 0.25) is 0 Å². The molecule has 1 aliphatic heterocycles. The highest BCUT2D eigenvalue weighted by Gasteiger charge is 2.31. The Morgan fingerprint density at radius 2 is 2.21 bits per heavy atom. The first-order valence-electron chi connectivity index (χ1n) is 6.78. The number of anilines is 1. The second-order valence-electron chi connectivity index (χ2n) is 5.32. The number of nitro benzene ring substituents is 1. The van der Waals surface area contributed by atoms with E-state index in [1.807, 2.05) is 19.9 Å². The first-order valence-corrected chi connectivity index (χ1v) is 6.78. The van der Waals surface area contributed by atoms with Crippen molar-refractivity contribution in [3.63, 3.8) is 0 Å². The maximum Gasteiger partial charge on any atom is 0.292 e. The Morgan fingerprint density at radius 1 is 1.47 bits per heavy atom. The fourth-order valence-corrected chi connectivity index (χ4v) is 2.95. The SMILES string of the molecule is Cc1cccc([N+](=O)[O-])c1N1CCCCC1C(C)N. The molecule has 0 spiro atoms. The molecule has 1 aromatic rings. The number of hydrogen-bond donors (Lipinski definition) is 1. The van der Waals surface area contributed by atoms with E-state index < -0.39 is 0 Å². The monoisotopic (exact) mass is 263 g/mol. The first kappa shape index (κ1) is 13.8. The van der Waals surface area contributed by atoms with Crippen LogP contribution in [0.1, 0.15) is 31.7 Å². The Labute approximate surface area is 113 Å². The number of rotatable bonds is 3. The lowest BCUT2D eigenvalue weighted by molar-refractivity contribution is -0.384. The number of aryl methyl sites for hydroxylation is 1. The van der Waals surface area contributed by atoms with Gasteiger partial charge in [0.25, 0.3) is 5.69 Å². The fraction of sp³-hybridized carbons (Fsp3) is 0.571. The summed E-state index contributed by atoms with van der Waals surface area (Å²) in [5, 5.41) is 11.2. The van der Waals surface area contributed by atoms with E-state index in [2.05, 4.69) is 4.90 Å². The molecule has 5 heteroatoms. The van der Waals surface area contributed by atoms with Gasteiger partial charge in [0.15, 0.2) is 0 Å². The van der Waals surface area contributed by atoms with Crippen molar-refractivity contribution in [3.8, 4) is 0 Å². The highest BCUT2D eigenvalue weighted by molar-refractivity contribution is 5.68. The van der Waals surface area contributed by atoms with Gasteiger partial charge in [-0.25, -0.2) is 0 Å². The molecule has 1 saturated heterocycles. The van der Waals surface area contributed by atoms with Gasteiger partial charge < -0.3 is 10.6 Å². The molecule has 2 N–H and O–H groups in total. The topological polar surface area (TPSA) is 72.4 Å². The summed E-state index contributed by atoms with van der Waals surface area (Å²) in [5.74, 6) is 0. The molecule has 104 valence electrons. The number of piperidine rings is 1. The summed E-state index contributed by atoms with van der Waals surface area (Å²) in [6, 6.07) is 5.44. The molecule has 2 rings (SSSR count). The molecule has 2 unspecified atom stereocenters. The molecule has 0 radical (unpaired) electrons. The predicted molar refractivity (Wildman–Crippen MR) is 76.5 cm³/mol. The molecule has 0 aliphatic carbocycles. The predicted octanol–water partition coefficient (Wildman–Crippen LogP) is 2.61. The number of hydrogen-bond acceptors (Lipinski definition) is 4. The van der Waals surface area contributed by atoms with E-state index >= 15 is 0 Å². The van der Waals surface area contributed by atoms with E-state index in [1.54, 1.807) is 12.1 Å². The standard InChI is InChI=1S/C14H21N3O2/c1-10-6-5-8-13(17(18)19)14(10)16-9-4-3-7-12(16)11(2)15/h5-6,8,11-12H,3-4,7,9,15H2,1-2H3. The molecule has 0 bridgehead atoms. The molecule has 0 saturated carbocycles. The smallest absolute Gasteiger partial charge is 0.292 e. The lowest BCUT2D eigenvalue weighted by Gasteiger charge is -2.40. The van der Waals surface area contributed by atoms with Gasteiger partial charge in [0.1, 0.15) is 5.69 Å². The van der Waals surface area contributed by atoms with Gasteiger partial charge in [-0.05, 0) is 38.7 Å². The van der Waals surface area contributed by atoms with Gasteiger partial charge in [0.05, 0.1) is 4.92 Å². The van der Waals surface area contributed by atoms with Gasteiger partial charge >= 0.3 is 0 Å². The van der Waals surface area contributed by atoms with Gasteiger partial charge in [0, 0.05) is 24.7 Å². The Bertz CT molecular complexity index is 474. The van der Waals surface area contributed by atoms with Crippen LogP contribution in [0.25, 0.3) is 0 Å². The second-order valence-corrected chi connectivity index (χ2v) is 5.32. The van der Waals surface area contributed by atoms with E-state index in [4.69, 9.17) is 5.73 Å². The minimum atomic E-state index is -0.296. The summed E-state index contributed by atoms with van der Waals surface area (Å²) >= 11 is 0. The van der Waals surface area contributed by atoms with Crippen LogP contribution in [-0.2, 0) is 0 Å². The van der Waals surface area contributed by atoms with Crippen LogP contribution in [0.4, 0.5) is 11.4 Å². The molecule has 1 heterocycles. The summed E-state index contributed by atoms with van der Waals surface area (Å²) < 4.78 is 0. The molecule has 1 aromatic carbocycles. The van der Waals surface area contributed by atoms with Crippen molar-refractivity contribution >= 4 is 11.4 Å². The van der Waals surface area contributed by atoms with E-state index in [9.17, 15) is 10.1 Å². The first-order chi connectivity index (χ1) is 9.02. The third kappa shape index (κ3) is 2.71. The van der Waals surface area contributed by atoms with E-state index in [0.29, 0.717) is 0 Å². The van der Waals surface area contributed by atoms with Gasteiger partial charge in [-0.15, -0.1) is 0 Å². The number of nitrogens with two attached hydrogens (primary N) is 1. The van der Waals surface area contributed by atoms with E-state index in [1.165, 1.54) is 0 Å². The summed E-state index contributed by atoms with van der Waals surface area (Å²) in [4.78, 5) is 13.1. The fourth-order valence-electron chi connectivity index (χ4n) is 2.95. The lowest BCUT2D eigenvalue weighted by atomic mass is 9.95. The average molecular weight is 263 g/mol. The van der Waals surface area contributed by atoms with Crippen molar-refractivity contribution in [3.05, 3.63) is 33.9 Å². The normalized spacial score (nSPS) is 21.2. The zero-order valence-electron chi connectivity index (χ0n) is 11.5.